The van der Waals surface area contributed by atoms with Crippen molar-refractivity contribution >= 4 is 45.0 Å². The molecule has 0 saturated heterocycles. The Hall–Kier alpha value is -3.97. The van der Waals surface area contributed by atoms with Crippen LogP contribution < -0.4 is 10.9 Å². The second-order valence-corrected chi connectivity index (χ2v) is 9.33. The van der Waals surface area contributed by atoms with Crippen LogP contribution in [0.5, 0.6) is 0 Å². The lowest BCUT2D eigenvalue weighted by atomic mass is 10.1. The fraction of sp³-hybridized carbons (Fsp3) is 0.111. The van der Waals surface area contributed by atoms with Gasteiger partial charge in [-0.1, -0.05) is 66.4 Å². The van der Waals surface area contributed by atoms with Crippen molar-refractivity contribution in [2.75, 3.05) is 5.32 Å². The molecule has 0 spiro atoms. The predicted octanol–water partition coefficient (Wildman–Crippen LogP) is 5.36. The van der Waals surface area contributed by atoms with E-state index < -0.39 is 5.25 Å². The van der Waals surface area contributed by atoms with Crippen LogP contribution in [-0.4, -0.2) is 25.7 Å². The Morgan fingerprint density at radius 3 is 2.47 bits per heavy atom. The highest BCUT2D eigenvalue weighted by molar-refractivity contribution is 8.00. The molecule has 0 aliphatic rings. The molecular formula is C27H22N4O2S. The lowest BCUT2D eigenvalue weighted by Crippen LogP contribution is -2.26. The van der Waals surface area contributed by atoms with Crippen molar-refractivity contribution in [3.8, 4) is 5.82 Å². The molecule has 5 aromatic rings. The van der Waals surface area contributed by atoms with Gasteiger partial charge in [0.1, 0.15) is 5.82 Å². The average Bonchev–Trinajstić information content (AvgIpc) is 2.85. The molecule has 1 unspecified atom stereocenters. The normalized spacial score (nSPS) is 12.1. The standard InChI is InChI=1S/C27H22N4O2S/c1-17-14-15-24(28-16-17)31-26(33)21-11-5-6-12-23(21)30-27(31)34-18(2)25(32)29-22-13-7-9-19-8-3-4-10-20(19)22/h3-16,18H,1-2H3,(H,29,32). The molecule has 0 aliphatic carbocycles. The Labute approximate surface area is 200 Å². The molecule has 1 amide bonds. The van der Waals surface area contributed by atoms with Gasteiger partial charge in [-0.05, 0) is 49.1 Å². The number of rotatable bonds is 5. The van der Waals surface area contributed by atoms with Gasteiger partial charge in [-0.25, -0.2) is 14.5 Å². The molecular weight excluding hydrogens is 444 g/mol. The number of nitrogens with one attached hydrogen (secondary N) is 1. The van der Waals surface area contributed by atoms with Crippen molar-refractivity contribution < 1.29 is 4.79 Å². The third kappa shape index (κ3) is 4.18. The number of nitrogens with zero attached hydrogens (tertiary/aromatic N) is 3. The van der Waals surface area contributed by atoms with E-state index in [4.69, 9.17) is 4.98 Å². The third-order valence-corrected chi connectivity index (χ3v) is 6.62. The van der Waals surface area contributed by atoms with Crippen LogP contribution in [0.3, 0.4) is 0 Å². The van der Waals surface area contributed by atoms with E-state index in [1.165, 1.54) is 16.3 Å². The number of amides is 1. The fourth-order valence-electron chi connectivity index (χ4n) is 3.77. The number of hydrogen-bond acceptors (Lipinski definition) is 5. The summed E-state index contributed by atoms with van der Waals surface area (Å²) in [6.07, 6.45) is 1.71. The molecule has 0 saturated carbocycles. The largest absolute Gasteiger partial charge is 0.325 e. The van der Waals surface area contributed by atoms with E-state index in [2.05, 4.69) is 10.3 Å². The van der Waals surface area contributed by atoms with E-state index in [-0.39, 0.29) is 11.5 Å². The van der Waals surface area contributed by atoms with Crippen LogP contribution in [0.4, 0.5) is 5.69 Å². The van der Waals surface area contributed by atoms with Gasteiger partial charge in [-0.2, -0.15) is 0 Å². The summed E-state index contributed by atoms with van der Waals surface area (Å²) in [6.45, 7) is 3.74. The number of aromatic nitrogens is 3. The lowest BCUT2D eigenvalue weighted by molar-refractivity contribution is -0.115. The highest BCUT2D eigenvalue weighted by Crippen LogP contribution is 2.27. The topological polar surface area (TPSA) is 76.9 Å². The number of carbonyl (C=O) groups is 1. The molecule has 168 valence electrons. The molecule has 3 aromatic carbocycles. The summed E-state index contributed by atoms with van der Waals surface area (Å²) in [5.41, 5.74) is 2.10. The highest BCUT2D eigenvalue weighted by Gasteiger charge is 2.21. The van der Waals surface area contributed by atoms with E-state index >= 15 is 0 Å². The van der Waals surface area contributed by atoms with Crippen LogP contribution in [-0.2, 0) is 4.79 Å². The number of para-hydroxylation sites is 1. The number of pyridine rings is 1. The molecule has 7 heteroatoms. The van der Waals surface area contributed by atoms with E-state index in [1.54, 1.807) is 31.3 Å². The molecule has 2 aromatic heterocycles. The predicted molar refractivity (Wildman–Crippen MR) is 138 cm³/mol. The first-order valence-corrected chi connectivity index (χ1v) is 11.8. The van der Waals surface area contributed by atoms with Gasteiger partial charge in [-0.3, -0.25) is 9.59 Å². The number of fused-ring (bicyclic) bond motifs is 2. The zero-order valence-electron chi connectivity index (χ0n) is 18.7. The number of anilines is 1. The maximum absolute atomic E-state index is 13.4. The number of benzene rings is 3. The molecule has 0 bridgehead atoms. The summed E-state index contributed by atoms with van der Waals surface area (Å²) in [6, 6.07) is 24.6. The quantitative estimate of drug-likeness (QED) is 0.279. The van der Waals surface area contributed by atoms with Crippen LogP contribution in [0.25, 0.3) is 27.5 Å². The minimum Gasteiger partial charge on any atom is -0.325 e. The molecule has 5 rings (SSSR count). The molecule has 2 heterocycles. The van der Waals surface area contributed by atoms with Gasteiger partial charge in [0.25, 0.3) is 5.56 Å². The summed E-state index contributed by atoms with van der Waals surface area (Å²) >= 11 is 1.23. The van der Waals surface area contributed by atoms with Crippen LogP contribution in [0, 0.1) is 6.92 Å². The molecule has 1 atom stereocenters. The van der Waals surface area contributed by atoms with Gasteiger partial charge in [0.15, 0.2) is 5.16 Å². The Kier molecular flexibility index (Phi) is 5.86. The van der Waals surface area contributed by atoms with Crippen LogP contribution in [0.2, 0.25) is 0 Å². The molecule has 34 heavy (non-hydrogen) atoms. The Morgan fingerprint density at radius 1 is 0.941 bits per heavy atom. The van der Waals surface area contributed by atoms with Crippen molar-refractivity contribution in [2.24, 2.45) is 0 Å². The first-order chi connectivity index (χ1) is 16.5. The Morgan fingerprint density at radius 2 is 1.68 bits per heavy atom. The first-order valence-electron chi connectivity index (χ1n) is 10.9. The van der Waals surface area contributed by atoms with Crippen molar-refractivity contribution in [3.63, 3.8) is 0 Å². The Balaban J connectivity index is 1.51. The summed E-state index contributed by atoms with van der Waals surface area (Å²) in [7, 11) is 0. The second-order valence-electron chi connectivity index (χ2n) is 8.02. The number of aryl methyl sites for hydroxylation is 1. The summed E-state index contributed by atoms with van der Waals surface area (Å²) in [4.78, 5) is 35.7. The second kappa shape index (κ2) is 9.11. The van der Waals surface area contributed by atoms with Crippen LogP contribution in [0.1, 0.15) is 12.5 Å². The van der Waals surface area contributed by atoms with Gasteiger partial charge in [0.05, 0.1) is 16.2 Å². The fourth-order valence-corrected chi connectivity index (χ4v) is 4.68. The zero-order chi connectivity index (χ0) is 23.7. The van der Waals surface area contributed by atoms with E-state index in [0.717, 1.165) is 22.0 Å². The smallest absolute Gasteiger partial charge is 0.267 e. The van der Waals surface area contributed by atoms with E-state index in [0.29, 0.717) is 21.9 Å². The highest BCUT2D eigenvalue weighted by atomic mass is 32.2. The lowest BCUT2D eigenvalue weighted by Gasteiger charge is -2.16. The maximum atomic E-state index is 13.4. The van der Waals surface area contributed by atoms with E-state index in [1.807, 2.05) is 67.6 Å². The number of carbonyl (C=O) groups excluding carboxylic acids is 1. The first kappa shape index (κ1) is 21.9. The van der Waals surface area contributed by atoms with Gasteiger partial charge in [0.2, 0.25) is 5.91 Å². The van der Waals surface area contributed by atoms with Crippen LogP contribution in [0.15, 0.2) is 95.0 Å². The van der Waals surface area contributed by atoms with E-state index in [9.17, 15) is 9.59 Å². The van der Waals surface area contributed by atoms with Gasteiger partial charge >= 0.3 is 0 Å². The molecule has 0 fully saturated rings. The molecule has 6 nitrogen and oxygen atoms in total. The van der Waals surface area contributed by atoms with Crippen LogP contribution >= 0.6 is 11.8 Å². The van der Waals surface area contributed by atoms with Gasteiger partial charge in [0, 0.05) is 17.3 Å². The van der Waals surface area contributed by atoms with Gasteiger partial charge < -0.3 is 5.32 Å². The van der Waals surface area contributed by atoms with Crippen molar-refractivity contribution in [2.45, 2.75) is 24.3 Å². The Bertz CT molecular complexity index is 1570. The summed E-state index contributed by atoms with van der Waals surface area (Å²) < 4.78 is 1.48. The van der Waals surface area contributed by atoms with Crippen molar-refractivity contribution in [1.29, 1.82) is 0 Å². The molecule has 0 radical (unpaired) electrons. The minimum absolute atomic E-state index is 0.174. The zero-order valence-corrected chi connectivity index (χ0v) is 19.5. The monoisotopic (exact) mass is 466 g/mol. The third-order valence-electron chi connectivity index (χ3n) is 5.57. The maximum Gasteiger partial charge on any atom is 0.267 e. The summed E-state index contributed by atoms with van der Waals surface area (Å²) in [5, 5.41) is 5.47. The minimum atomic E-state index is -0.510. The molecule has 0 aliphatic heterocycles. The van der Waals surface area contributed by atoms with Gasteiger partial charge in [-0.15, -0.1) is 0 Å². The summed E-state index contributed by atoms with van der Waals surface area (Å²) in [5.74, 6) is 0.296. The molecule has 1 N–H and O–H groups in total. The number of hydrogen-bond donors (Lipinski definition) is 1. The van der Waals surface area contributed by atoms with Crippen molar-refractivity contribution in [1.82, 2.24) is 14.5 Å². The number of thioether (sulfide) groups is 1. The SMILES string of the molecule is Cc1ccc(-n2c(SC(C)C(=O)Nc3cccc4ccccc34)nc3ccccc3c2=O)nc1. The van der Waals surface area contributed by atoms with Crippen molar-refractivity contribution in [3.05, 3.63) is 101 Å². The average molecular weight is 467 g/mol.